The van der Waals surface area contributed by atoms with Crippen LogP contribution in [0.15, 0.2) is 148 Å². The fourth-order valence-corrected chi connectivity index (χ4v) is 8.01. The van der Waals surface area contributed by atoms with Gasteiger partial charge in [-0.2, -0.15) is 0 Å². The van der Waals surface area contributed by atoms with E-state index >= 15 is 0 Å². The van der Waals surface area contributed by atoms with E-state index in [4.69, 9.17) is 8.83 Å². The number of hydrogen-bond donors (Lipinski definition) is 0. The van der Waals surface area contributed by atoms with Crippen LogP contribution in [0.25, 0.3) is 74.8 Å². The molecule has 0 amide bonds. The molecule has 3 aromatic heterocycles. The quantitative estimate of drug-likeness (QED) is 0.208. The van der Waals surface area contributed by atoms with Crippen LogP contribution in [0.1, 0.15) is 0 Å². The number of rotatable bonds is 3. The van der Waals surface area contributed by atoms with Crippen LogP contribution < -0.4 is 4.90 Å². The SMILES string of the molecule is c1ccc2c(c1)oc1ccc(N(c3ccc4oc5ccccc5c4c3)c3ccc4ccc5c6ccccc6sc5c4c3)cc12. The number of para-hydroxylation sites is 2. The first kappa shape index (κ1) is 23.9. The van der Waals surface area contributed by atoms with Crippen molar-refractivity contribution in [2.45, 2.75) is 0 Å². The summed E-state index contributed by atoms with van der Waals surface area (Å²) in [6.45, 7) is 0. The summed E-state index contributed by atoms with van der Waals surface area (Å²) in [5.74, 6) is 0. The molecular formula is C40H23NO2S. The maximum absolute atomic E-state index is 6.20. The third-order valence-electron chi connectivity index (χ3n) is 8.84. The number of hydrogen-bond acceptors (Lipinski definition) is 4. The first-order valence-corrected chi connectivity index (χ1v) is 15.6. The minimum absolute atomic E-state index is 0.886. The van der Waals surface area contributed by atoms with Crippen LogP contribution in [-0.4, -0.2) is 0 Å². The Labute approximate surface area is 255 Å². The lowest BCUT2D eigenvalue weighted by Gasteiger charge is -2.26. The third kappa shape index (κ3) is 3.43. The van der Waals surface area contributed by atoms with Gasteiger partial charge in [-0.05, 0) is 72.1 Å². The van der Waals surface area contributed by atoms with Crippen LogP contribution in [0.4, 0.5) is 17.1 Å². The van der Waals surface area contributed by atoms with Crippen molar-refractivity contribution in [3.63, 3.8) is 0 Å². The molecule has 10 rings (SSSR count). The fourth-order valence-electron chi connectivity index (χ4n) is 6.78. The van der Waals surface area contributed by atoms with Crippen molar-refractivity contribution in [1.82, 2.24) is 0 Å². The van der Waals surface area contributed by atoms with Crippen LogP contribution in [0.3, 0.4) is 0 Å². The third-order valence-corrected chi connectivity index (χ3v) is 10.1. The molecule has 0 saturated heterocycles. The average Bonchev–Trinajstić information content (AvgIpc) is 3.76. The summed E-state index contributed by atoms with van der Waals surface area (Å²) >= 11 is 1.87. The second-order valence-corrected chi connectivity index (χ2v) is 12.4. The van der Waals surface area contributed by atoms with Gasteiger partial charge in [-0.3, -0.25) is 0 Å². The Morgan fingerprint density at radius 3 is 1.55 bits per heavy atom. The zero-order chi connectivity index (χ0) is 28.8. The molecule has 0 spiro atoms. The molecule has 7 aromatic carbocycles. The van der Waals surface area contributed by atoms with E-state index in [0.717, 1.165) is 60.9 Å². The highest BCUT2D eigenvalue weighted by molar-refractivity contribution is 7.26. The Kier molecular flexibility index (Phi) is 4.87. The normalized spacial score (nSPS) is 12.1. The van der Waals surface area contributed by atoms with Gasteiger partial charge >= 0.3 is 0 Å². The summed E-state index contributed by atoms with van der Waals surface area (Å²) in [6, 6.07) is 49.6. The van der Waals surface area contributed by atoms with Crippen LogP contribution >= 0.6 is 11.3 Å². The second kappa shape index (κ2) is 8.96. The maximum atomic E-state index is 6.20. The van der Waals surface area contributed by atoms with Crippen LogP contribution in [-0.2, 0) is 0 Å². The average molecular weight is 582 g/mol. The molecule has 0 unspecified atom stereocenters. The Morgan fingerprint density at radius 2 is 0.886 bits per heavy atom. The van der Waals surface area contributed by atoms with Gasteiger partial charge in [0.25, 0.3) is 0 Å². The van der Waals surface area contributed by atoms with E-state index in [1.807, 2.05) is 35.6 Å². The van der Waals surface area contributed by atoms with Crippen molar-refractivity contribution in [1.29, 1.82) is 0 Å². The number of fused-ring (bicyclic) bond motifs is 11. The summed E-state index contributed by atoms with van der Waals surface area (Å²) in [6.07, 6.45) is 0. The Hall–Kier alpha value is -5.58. The van der Waals surface area contributed by atoms with Crippen molar-refractivity contribution >= 4 is 103 Å². The van der Waals surface area contributed by atoms with E-state index < -0.39 is 0 Å². The molecule has 206 valence electrons. The maximum Gasteiger partial charge on any atom is 0.135 e. The van der Waals surface area contributed by atoms with E-state index in [9.17, 15) is 0 Å². The number of thiophene rings is 1. The predicted octanol–water partition coefficient (Wildman–Crippen LogP) is 12.5. The highest BCUT2D eigenvalue weighted by Crippen LogP contribution is 2.44. The molecule has 0 bridgehead atoms. The van der Waals surface area contributed by atoms with Gasteiger partial charge in [0.05, 0.1) is 0 Å². The molecule has 10 aromatic rings. The van der Waals surface area contributed by atoms with Crippen molar-refractivity contribution in [2.75, 3.05) is 4.90 Å². The standard InChI is InChI=1S/C40H23NO2S/c1-4-10-35-28(7-1)33-22-26(16-19-37(33)42-35)41(27-17-20-38-34(23-27)29-8-2-5-11-36(29)43-38)25-15-13-24-14-18-31-30-9-3-6-12-39(30)44-40(31)32(24)21-25/h1-23H. The zero-order valence-corrected chi connectivity index (χ0v) is 24.3. The summed E-state index contributed by atoms with van der Waals surface area (Å²) in [5, 5.41) is 9.55. The largest absolute Gasteiger partial charge is 0.456 e. The van der Waals surface area contributed by atoms with Gasteiger partial charge in [0, 0.05) is 64.2 Å². The van der Waals surface area contributed by atoms with Crippen molar-refractivity contribution in [2.24, 2.45) is 0 Å². The highest BCUT2D eigenvalue weighted by Gasteiger charge is 2.19. The van der Waals surface area contributed by atoms with E-state index in [1.165, 1.54) is 30.9 Å². The molecule has 3 nitrogen and oxygen atoms in total. The van der Waals surface area contributed by atoms with Crippen LogP contribution in [0.2, 0.25) is 0 Å². The van der Waals surface area contributed by atoms with Crippen molar-refractivity contribution in [3.05, 3.63) is 140 Å². The van der Waals surface area contributed by atoms with Crippen LogP contribution in [0, 0.1) is 0 Å². The van der Waals surface area contributed by atoms with Gasteiger partial charge in [-0.15, -0.1) is 11.3 Å². The van der Waals surface area contributed by atoms with E-state index in [-0.39, 0.29) is 0 Å². The highest BCUT2D eigenvalue weighted by atomic mass is 32.1. The predicted molar refractivity (Wildman–Crippen MR) is 186 cm³/mol. The lowest BCUT2D eigenvalue weighted by molar-refractivity contribution is 0.668. The Bertz CT molecular complexity index is 2630. The number of anilines is 3. The first-order chi connectivity index (χ1) is 21.8. The van der Waals surface area contributed by atoms with Gasteiger partial charge in [-0.1, -0.05) is 72.8 Å². The molecule has 0 saturated carbocycles. The molecule has 44 heavy (non-hydrogen) atoms. The summed E-state index contributed by atoms with van der Waals surface area (Å²) in [4.78, 5) is 2.36. The molecular weight excluding hydrogens is 559 g/mol. The topological polar surface area (TPSA) is 29.5 Å². The smallest absolute Gasteiger partial charge is 0.135 e. The minimum Gasteiger partial charge on any atom is -0.456 e. The first-order valence-electron chi connectivity index (χ1n) is 14.8. The fraction of sp³-hybridized carbons (Fsp3) is 0. The summed E-state index contributed by atoms with van der Waals surface area (Å²) < 4.78 is 15.0. The molecule has 0 fully saturated rings. The monoisotopic (exact) mass is 581 g/mol. The van der Waals surface area contributed by atoms with E-state index in [2.05, 4.69) is 120 Å². The lowest BCUT2D eigenvalue weighted by atomic mass is 10.0. The summed E-state index contributed by atoms with van der Waals surface area (Å²) in [7, 11) is 0. The molecule has 4 heteroatoms. The van der Waals surface area contributed by atoms with Gasteiger partial charge in [0.1, 0.15) is 22.3 Å². The molecule has 0 radical (unpaired) electrons. The number of nitrogens with zero attached hydrogens (tertiary/aromatic N) is 1. The van der Waals surface area contributed by atoms with E-state index in [1.54, 1.807) is 0 Å². The van der Waals surface area contributed by atoms with Crippen molar-refractivity contribution < 1.29 is 8.83 Å². The second-order valence-electron chi connectivity index (χ2n) is 11.3. The van der Waals surface area contributed by atoms with Gasteiger partial charge in [0.2, 0.25) is 0 Å². The van der Waals surface area contributed by atoms with Gasteiger partial charge < -0.3 is 13.7 Å². The van der Waals surface area contributed by atoms with E-state index in [0.29, 0.717) is 0 Å². The summed E-state index contributed by atoms with van der Waals surface area (Å²) in [5.41, 5.74) is 6.80. The lowest BCUT2D eigenvalue weighted by Crippen LogP contribution is -2.09. The Balaban J connectivity index is 1.26. The molecule has 0 aliphatic rings. The molecule has 0 aliphatic heterocycles. The van der Waals surface area contributed by atoms with Gasteiger partial charge in [0.15, 0.2) is 0 Å². The number of benzene rings is 7. The molecule has 0 atom stereocenters. The minimum atomic E-state index is 0.886. The van der Waals surface area contributed by atoms with Crippen molar-refractivity contribution in [3.8, 4) is 0 Å². The van der Waals surface area contributed by atoms with Gasteiger partial charge in [-0.25, -0.2) is 0 Å². The molecule has 0 N–H and O–H groups in total. The number of furan rings is 2. The Morgan fingerprint density at radius 1 is 0.386 bits per heavy atom. The zero-order valence-electron chi connectivity index (χ0n) is 23.5. The van der Waals surface area contributed by atoms with Crippen LogP contribution in [0.5, 0.6) is 0 Å². The molecule has 3 heterocycles. The molecule has 0 aliphatic carbocycles.